The third kappa shape index (κ3) is 4.35. The van der Waals surface area contributed by atoms with Gasteiger partial charge in [-0.25, -0.2) is 0 Å². The monoisotopic (exact) mass is 299 g/mol. The topological polar surface area (TPSA) is 67.2 Å². The van der Waals surface area contributed by atoms with Crippen LogP contribution in [0.25, 0.3) is 6.08 Å². The second-order valence-corrected chi connectivity index (χ2v) is 5.30. The number of aliphatic hydroxyl groups is 1. The maximum atomic E-state index is 11.7. The Morgan fingerprint density at radius 1 is 1.60 bits per heavy atom. The lowest BCUT2D eigenvalue weighted by atomic mass is 10.0. The molecule has 0 fully saturated rings. The first-order chi connectivity index (χ1) is 9.36. The maximum absolute atomic E-state index is 11.7. The highest BCUT2D eigenvalue weighted by Gasteiger charge is 2.13. The SMILES string of the molecule is CCC(C)C(O)CNC(=O)/C=C/c1c(C)nn(C)c1Cl. The molecule has 0 aliphatic rings. The number of nitrogens with one attached hydrogen (secondary N) is 1. The zero-order valence-electron chi connectivity index (χ0n) is 12.4. The van der Waals surface area contributed by atoms with E-state index in [9.17, 15) is 9.90 Å². The van der Waals surface area contributed by atoms with Gasteiger partial charge in [0.2, 0.25) is 5.91 Å². The van der Waals surface area contributed by atoms with Gasteiger partial charge in [0.15, 0.2) is 0 Å². The van der Waals surface area contributed by atoms with E-state index in [1.54, 1.807) is 17.8 Å². The Morgan fingerprint density at radius 2 is 2.25 bits per heavy atom. The molecule has 6 heteroatoms. The second kappa shape index (κ2) is 7.45. The van der Waals surface area contributed by atoms with Crippen LogP contribution in [0.4, 0.5) is 0 Å². The second-order valence-electron chi connectivity index (χ2n) is 4.94. The first kappa shape index (κ1) is 16.7. The van der Waals surface area contributed by atoms with Crippen LogP contribution in [-0.2, 0) is 11.8 Å². The highest BCUT2D eigenvalue weighted by atomic mass is 35.5. The van der Waals surface area contributed by atoms with E-state index in [0.29, 0.717) is 5.15 Å². The number of aryl methyl sites for hydroxylation is 2. The number of hydrogen-bond acceptors (Lipinski definition) is 3. The summed E-state index contributed by atoms with van der Waals surface area (Å²) in [7, 11) is 1.75. The molecule has 2 N–H and O–H groups in total. The number of rotatable bonds is 6. The molecule has 0 spiro atoms. The van der Waals surface area contributed by atoms with E-state index in [4.69, 9.17) is 11.6 Å². The number of carbonyl (C=O) groups excluding carboxylic acids is 1. The molecule has 0 radical (unpaired) electrons. The van der Waals surface area contributed by atoms with Gasteiger partial charge in [0, 0.05) is 25.2 Å². The Hall–Kier alpha value is -1.33. The minimum atomic E-state index is -0.527. The van der Waals surface area contributed by atoms with Crippen LogP contribution >= 0.6 is 11.6 Å². The van der Waals surface area contributed by atoms with Crippen molar-refractivity contribution in [2.24, 2.45) is 13.0 Å². The van der Waals surface area contributed by atoms with Crippen molar-refractivity contribution in [1.82, 2.24) is 15.1 Å². The van der Waals surface area contributed by atoms with E-state index in [1.807, 2.05) is 20.8 Å². The van der Waals surface area contributed by atoms with Crippen LogP contribution in [0.3, 0.4) is 0 Å². The van der Waals surface area contributed by atoms with Crippen LogP contribution in [0.15, 0.2) is 6.08 Å². The molecule has 20 heavy (non-hydrogen) atoms. The molecule has 0 saturated carbocycles. The zero-order chi connectivity index (χ0) is 15.3. The summed E-state index contributed by atoms with van der Waals surface area (Å²) >= 11 is 6.06. The first-order valence-electron chi connectivity index (χ1n) is 6.69. The lowest BCUT2D eigenvalue weighted by Gasteiger charge is -2.16. The normalized spacial score (nSPS) is 14.5. The first-order valence-corrected chi connectivity index (χ1v) is 7.07. The molecule has 1 aromatic rings. The van der Waals surface area contributed by atoms with Crippen molar-refractivity contribution >= 4 is 23.6 Å². The third-order valence-corrected chi connectivity index (χ3v) is 3.83. The van der Waals surface area contributed by atoms with Gasteiger partial charge in [0.25, 0.3) is 0 Å². The molecule has 0 aromatic carbocycles. The molecule has 0 aliphatic heterocycles. The molecular formula is C14H22ClN3O2. The molecule has 1 aromatic heterocycles. The van der Waals surface area contributed by atoms with Crippen molar-refractivity contribution in [3.8, 4) is 0 Å². The average molecular weight is 300 g/mol. The van der Waals surface area contributed by atoms with Crippen molar-refractivity contribution in [3.63, 3.8) is 0 Å². The van der Waals surface area contributed by atoms with Gasteiger partial charge >= 0.3 is 0 Å². The Bertz CT molecular complexity index is 497. The predicted octanol–water partition coefficient (Wildman–Crippen LogP) is 1.92. The van der Waals surface area contributed by atoms with Gasteiger partial charge in [-0.2, -0.15) is 5.10 Å². The van der Waals surface area contributed by atoms with Gasteiger partial charge < -0.3 is 10.4 Å². The maximum Gasteiger partial charge on any atom is 0.244 e. The van der Waals surface area contributed by atoms with Crippen LogP contribution in [-0.4, -0.2) is 33.4 Å². The van der Waals surface area contributed by atoms with Gasteiger partial charge in [-0.15, -0.1) is 0 Å². The summed E-state index contributed by atoms with van der Waals surface area (Å²) in [6, 6.07) is 0. The number of carbonyl (C=O) groups is 1. The number of amides is 1. The molecular weight excluding hydrogens is 278 g/mol. The van der Waals surface area contributed by atoms with Crippen molar-refractivity contribution in [3.05, 3.63) is 22.5 Å². The van der Waals surface area contributed by atoms with E-state index < -0.39 is 6.10 Å². The number of halogens is 1. The fourth-order valence-corrected chi connectivity index (χ4v) is 1.97. The minimum absolute atomic E-state index is 0.161. The smallest absolute Gasteiger partial charge is 0.244 e. The summed E-state index contributed by atoms with van der Waals surface area (Å²) < 4.78 is 1.56. The summed E-state index contributed by atoms with van der Waals surface area (Å²) in [6.45, 7) is 6.03. The number of aliphatic hydroxyl groups excluding tert-OH is 1. The molecule has 5 nitrogen and oxygen atoms in total. The predicted molar refractivity (Wildman–Crippen MR) is 80.5 cm³/mol. The third-order valence-electron chi connectivity index (χ3n) is 3.38. The van der Waals surface area contributed by atoms with E-state index in [2.05, 4.69) is 10.4 Å². The summed E-state index contributed by atoms with van der Waals surface area (Å²) in [5, 5.41) is 17.1. The van der Waals surface area contributed by atoms with Gasteiger partial charge in [-0.1, -0.05) is 31.9 Å². The summed E-state index contributed by atoms with van der Waals surface area (Å²) in [5.74, 6) is -0.0963. The minimum Gasteiger partial charge on any atom is -0.391 e. The number of nitrogens with zero attached hydrogens (tertiary/aromatic N) is 2. The molecule has 2 atom stereocenters. The van der Waals surface area contributed by atoms with E-state index >= 15 is 0 Å². The molecule has 0 saturated heterocycles. The van der Waals surface area contributed by atoms with Gasteiger partial charge in [0.1, 0.15) is 5.15 Å². The molecule has 112 valence electrons. The standard InChI is InChI=1S/C14H22ClN3O2/c1-5-9(2)12(19)8-16-13(20)7-6-11-10(3)17-18(4)14(11)15/h6-7,9,12,19H,5,8H2,1-4H3,(H,16,20)/b7-6+. The van der Waals surface area contributed by atoms with Crippen molar-refractivity contribution in [2.45, 2.75) is 33.3 Å². The highest BCUT2D eigenvalue weighted by molar-refractivity contribution is 6.31. The molecule has 0 aliphatic carbocycles. The highest BCUT2D eigenvalue weighted by Crippen LogP contribution is 2.19. The fraction of sp³-hybridized carbons (Fsp3) is 0.571. The lowest BCUT2D eigenvalue weighted by molar-refractivity contribution is -0.117. The zero-order valence-corrected chi connectivity index (χ0v) is 13.1. The van der Waals surface area contributed by atoms with Crippen LogP contribution < -0.4 is 5.32 Å². The van der Waals surface area contributed by atoms with Crippen molar-refractivity contribution in [2.75, 3.05) is 6.54 Å². The van der Waals surface area contributed by atoms with Gasteiger partial charge in [-0.05, 0) is 18.9 Å². The summed E-state index contributed by atoms with van der Waals surface area (Å²) in [6.07, 6.45) is 3.38. The Labute approximate surface area is 124 Å². The van der Waals surface area contributed by atoms with Crippen molar-refractivity contribution < 1.29 is 9.90 Å². The quantitative estimate of drug-likeness (QED) is 0.789. The number of hydrogen-bond donors (Lipinski definition) is 2. The van der Waals surface area contributed by atoms with E-state index in [-0.39, 0.29) is 18.4 Å². The van der Waals surface area contributed by atoms with Gasteiger partial charge in [-0.3, -0.25) is 9.48 Å². The summed E-state index contributed by atoms with van der Waals surface area (Å²) in [5.41, 5.74) is 1.49. The van der Waals surface area contributed by atoms with Gasteiger partial charge in [0.05, 0.1) is 11.8 Å². The molecule has 1 amide bonds. The Kier molecular flexibility index (Phi) is 6.23. The molecule has 1 heterocycles. The van der Waals surface area contributed by atoms with E-state index in [0.717, 1.165) is 17.7 Å². The molecule has 0 bridgehead atoms. The van der Waals surface area contributed by atoms with Crippen LogP contribution in [0.5, 0.6) is 0 Å². The summed E-state index contributed by atoms with van der Waals surface area (Å²) in [4.78, 5) is 11.7. The largest absolute Gasteiger partial charge is 0.391 e. The Balaban J connectivity index is 2.56. The Morgan fingerprint density at radius 3 is 2.75 bits per heavy atom. The number of aromatic nitrogens is 2. The van der Waals surface area contributed by atoms with E-state index in [1.165, 1.54) is 6.08 Å². The van der Waals surface area contributed by atoms with Crippen LogP contribution in [0.1, 0.15) is 31.5 Å². The van der Waals surface area contributed by atoms with Crippen LogP contribution in [0, 0.1) is 12.8 Å². The average Bonchev–Trinajstić information content (AvgIpc) is 2.66. The van der Waals surface area contributed by atoms with Crippen LogP contribution in [0.2, 0.25) is 5.15 Å². The molecule has 1 rings (SSSR count). The fourth-order valence-electron chi connectivity index (χ4n) is 1.73. The molecule has 2 unspecified atom stereocenters. The lowest BCUT2D eigenvalue weighted by Crippen LogP contribution is -2.34. The van der Waals surface area contributed by atoms with Crippen molar-refractivity contribution in [1.29, 1.82) is 0 Å².